The third kappa shape index (κ3) is 2.48. The first-order valence-electron chi connectivity index (χ1n) is 5.75. The second kappa shape index (κ2) is 4.62. The summed E-state index contributed by atoms with van der Waals surface area (Å²) in [6.45, 7) is 4.41. The van der Waals surface area contributed by atoms with Crippen molar-refractivity contribution in [3.05, 3.63) is 23.9 Å². The molecule has 3 heteroatoms. The van der Waals surface area contributed by atoms with E-state index >= 15 is 0 Å². The summed E-state index contributed by atoms with van der Waals surface area (Å²) in [6.07, 6.45) is 3.89. The molecule has 0 spiro atoms. The lowest BCUT2D eigenvalue weighted by Crippen LogP contribution is -2.28. The predicted molar refractivity (Wildman–Crippen MR) is 62.4 cm³/mol. The highest BCUT2D eigenvalue weighted by molar-refractivity contribution is 5.28. The van der Waals surface area contributed by atoms with Gasteiger partial charge in [-0.1, -0.05) is 13.0 Å². The lowest BCUT2D eigenvalue weighted by molar-refractivity contribution is 0.237. The Labute approximate surface area is 91.3 Å². The van der Waals surface area contributed by atoms with Gasteiger partial charge in [-0.2, -0.15) is 0 Å². The van der Waals surface area contributed by atoms with E-state index in [4.69, 9.17) is 5.73 Å². The number of hydrogen-bond donors (Lipinski definition) is 1. The van der Waals surface area contributed by atoms with Crippen molar-refractivity contribution in [3.63, 3.8) is 0 Å². The van der Waals surface area contributed by atoms with Crippen LogP contribution in [-0.4, -0.2) is 22.5 Å². The maximum Gasteiger partial charge on any atom is 0.123 e. The molecule has 82 valence electrons. The molecule has 15 heavy (non-hydrogen) atoms. The molecule has 0 bridgehead atoms. The highest BCUT2D eigenvalue weighted by Gasteiger charge is 2.22. The summed E-state index contributed by atoms with van der Waals surface area (Å²) in [5, 5.41) is 0. The number of nitrogens with two attached hydrogens (primary N) is 1. The van der Waals surface area contributed by atoms with Gasteiger partial charge in [0, 0.05) is 12.6 Å². The van der Waals surface area contributed by atoms with Crippen LogP contribution in [0.3, 0.4) is 0 Å². The van der Waals surface area contributed by atoms with Crippen molar-refractivity contribution in [3.8, 4) is 0 Å². The molecular weight excluding hydrogens is 186 g/mol. The van der Waals surface area contributed by atoms with E-state index in [1.807, 2.05) is 12.1 Å². The Morgan fingerprint density at radius 1 is 1.53 bits per heavy atom. The van der Waals surface area contributed by atoms with E-state index in [1.165, 1.54) is 25.8 Å². The fourth-order valence-corrected chi connectivity index (χ4v) is 2.36. The standard InChI is InChI=1S/C12H19N3/c1-2-11-6-4-8-15(11)9-10-5-3-7-12(13)14-10/h3,5,7,11H,2,4,6,8-9H2,1H3,(H2,13,14). The minimum absolute atomic E-state index is 0.625. The molecule has 1 aliphatic rings. The van der Waals surface area contributed by atoms with Crippen LogP contribution < -0.4 is 5.73 Å². The molecule has 3 nitrogen and oxygen atoms in total. The van der Waals surface area contributed by atoms with Gasteiger partial charge in [0.15, 0.2) is 0 Å². The largest absolute Gasteiger partial charge is 0.384 e. The number of rotatable bonds is 3. The van der Waals surface area contributed by atoms with Crippen LogP contribution in [-0.2, 0) is 6.54 Å². The highest BCUT2D eigenvalue weighted by Crippen LogP contribution is 2.21. The number of anilines is 1. The second-order valence-electron chi connectivity index (χ2n) is 4.23. The SMILES string of the molecule is CCC1CCCN1Cc1cccc(N)n1. The molecule has 1 aliphatic heterocycles. The molecule has 0 amide bonds. The summed E-state index contributed by atoms with van der Waals surface area (Å²) < 4.78 is 0. The molecule has 1 fully saturated rings. The highest BCUT2D eigenvalue weighted by atomic mass is 15.2. The monoisotopic (exact) mass is 205 g/mol. The Kier molecular flexibility index (Phi) is 3.21. The fraction of sp³-hybridized carbons (Fsp3) is 0.583. The van der Waals surface area contributed by atoms with Gasteiger partial charge in [-0.15, -0.1) is 0 Å². The number of aromatic nitrogens is 1. The normalized spacial score (nSPS) is 22.1. The maximum absolute atomic E-state index is 5.67. The number of nitrogens with zero attached hydrogens (tertiary/aromatic N) is 2. The van der Waals surface area contributed by atoms with Gasteiger partial charge in [-0.3, -0.25) is 4.90 Å². The number of pyridine rings is 1. The van der Waals surface area contributed by atoms with E-state index in [0.717, 1.165) is 18.3 Å². The molecule has 0 saturated carbocycles. The summed E-state index contributed by atoms with van der Waals surface area (Å²) in [5.74, 6) is 0.625. The van der Waals surface area contributed by atoms with Gasteiger partial charge in [0.2, 0.25) is 0 Å². The van der Waals surface area contributed by atoms with Crippen LogP contribution in [0.1, 0.15) is 31.9 Å². The van der Waals surface area contributed by atoms with Crippen LogP contribution >= 0.6 is 0 Å². The van der Waals surface area contributed by atoms with Gasteiger partial charge in [-0.25, -0.2) is 4.98 Å². The van der Waals surface area contributed by atoms with E-state index in [2.05, 4.69) is 22.9 Å². The number of likely N-dealkylation sites (tertiary alicyclic amines) is 1. The van der Waals surface area contributed by atoms with E-state index in [9.17, 15) is 0 Å². The third-order valence-corrected chi connectivity index (χ3v) is 3.16. The molecule has 2 heterocycles. The van der Waals surface area contributed by atoms with Crippen LogP contribution in [0.4, 0.5) is 5.82 Å². The summed E-state index contributed by atoms with van der Waals surface area (Å²) in [7, 11) is 0. The van der Waals surface area contributed by atoms with E-state index < -0.39 is 0 Å². The molecule has 1 saturated heterocycles. The number of nitrogen functional groups attached to an aromatic ring is 1. The van der Waals surface area contributed by atoms with Gasteiger partial charge in [0.1, 0.15) is 5.82 Å². The summed E-state index contributed by atoms with van der Waals surface area (Å²) in [6, 6.07) is 6.62. The lowest BCUT2D eigenvalue weighted by Gasteiger charge is -2.22. The summed E-state index contributed by atoms with van der Waals surface area (Å²) in [5.41, 5.74) is 6.76. The topological polar surface area (TPSA) is 42.1 Å². The molecule has 2 N–H and O–H groups in total. The molecular formula is C12H19N3. The first-order chi connectivity index (χ1) is 7.29. The number of hydrogen-bond acceptors (Lipinski definition) is 3. The Hall–Kier alpha value is -1.09. The Morgan fingerprint density at radius 2 is 2.40 bits per heavy atom. The van der Waals surface area contributed by atoms with Gasteiger partial charge < -0.3 is 5.73 Å². The van der Waals surface area contributed by atoms with E-state index in [0.29, 0.717) is 5.82 Å². The minimum atomic E-state index is 0.625. The van der Waals surface area contributed by atoms with Gasteiger partial charge >= 0.3 is 0 Å². The van der Waals surface area contributed by atoms with Crippen molar-refractivity contribution < 1.29 is 0 Å². The van der Waals surface area contributed by atoms with Crippen molar-refractivity contribution in [2.45, 2.75) is 38.8 Å². The van der Waals surface area contributed by atoms with Crippen molar-refractivity contribution in [2.75, 3.05) is 12.3 Å². The first kappa shape index (κ1) is 10.4. The Morgan fingerprint density at radius 3 is 3.13 bits per heavy atom. The molecule has 1 aromatic rings. The van der Waals surface area contributed by atoms with E-state index in [1.54, 1.807) is 0 Å². The average Bonchev–Trinajstić information content (AvgIpc) is 2.65. The minimum Gasteiger partial charge on any atom is -0.384 e. The van der Waals surface area contributed by atoms with E-state index in [-0.39, 0.29) is 0 Å². The molecule has 0 aromatic carbocycles. The van der Waals surface area contributed by atoms with Crippen LogP contribution in [0.2, 0.25) is 0 Å². The average molecular weight is 205 g/mol. The second-order valence-corrected chi connectivity index (χ2v) is 4.23. The first-order valence-corrected chi connectivity index (χ1v) is 5.75. The molecule has 1 aromatic heterocycles. The molecule has 0 radical (unpaired) electrons. The smallest absolute Gasteiger partial charge is 0.123 e. The Bertz CT molecular complexity index is 324. The molecule has 1 unspecified atom stereocenters. The van der Waals surface area contributed by atoms with Gasteiger partial charge in [0.05, 0.1) is 5.69 Å². The molecule has 0 aliphatic carbocycles. The predicted octanol–water partition coefficient (Wildman–Crippen LogP) is 2.04. The van der Waals surface area contributed by atoms with Gasteiger partial charge in [0.25, 0.3) is 0 Å². The van der Waals surface area contributed by atoms with Gasteiger partial charge in [-0.05, 0) is 37.9 Å². The molecule has 2 rings (SSSR count). The van der Waals surface area contributed by atoms with Crippen molar-refractivity contribution >= 4 is 5.82 Å². The van der Waals surface area contributed by atoms with Crippen molar-refractivity contribution in [1.82, 2.24) is 9.88 Å². The van der Waals surface area contributed by atoms with Crippen LogP contribution in [0, 0.1) is 0 Å². The maximum atomic E-state index is 5.67. The lowest BCUT2D eigenvalue weighted by atomic mass is 10.1. The van der Waals surface area contributed by atoms with Crippen molar-refractivity contribution in [1.29, 1.82) is 0 Å². The zero-order valence-electron chi connectivity index (χ0n) is 9.32. The summed E-state index contributed by atoms with van der Waals surface area (Å²) in [4.78, 5) is 6.86. The third-order valence-electron chi connectivity index (χ3n) is 3.16. The zero-order chi connectivity index (χ0) is 10.7. The van der Waals surface area contributed by atoms with Crippen LogP contribution in [0.25, 0.3) is 0 Å². The fourth-order valence-electron chi connectivity index (χ4n) is 2.36. The van der Waals surface area contributed by atoms with Crippen LogP contribution in [0.15, 0.2) is 18.2 Å². The summed E-state index contributed by atoms with van der Waals surface area (Å²) >= 11 is 0. The zero-order valence-corrected chi connectivity index (χ0v) is 9.32. The Balaban J connectivity index is 2.02. The van der Waals surface area contributed by atoms with Crippen molar-refractivity contribution in [2.24, 2.45) is 0 Å². The quantitative estimate of drug-likeness (QED) is 0.821. The molecule has 1 atom stereocenters. The van der Waals surface area contributed by atoms with Crippen LogP contribution in [0.5, 0.6) is 0 Å².